The predicted molar refractivity (Wildman–Crippen MR) is 74.7 cm³/mol. The van der Waals surface area contributed by atoms with Gasteiger partial charge in [-0.05, 0) is 19.1 Å². The smallest absolute Gasteiger partial charge is 0.309 e. The van der Waals surface area contributed by atoms with Crippen molar-refractivity contribution in [3.63, 3.8) is 0 Å². The summed E-state index contributed by atoms with van der Waals surface area (Å²) in [4.78, 5) is 11.5. The second kappa shape index (κ2) is 10.2. The molecular weight excluding hydrogens is 281 g/mol. The summed E-state index contributed by atoms with van der Waals surface area (Å²) in [5, 5.41) is 2.43. The molecule has 0 aliphatic rings. The topological polar surface area (TPSA) is 55.4 Å². The average molecular weight is 302 g/mol. The molecule has 0 spiro atoms. The summed E-state index contributed by atoms with van der Waals surface area (Å²) in [5.74, 6) is 0.493. The Morgan fingerprint density at radius 1 is 1.29 bits per heavy atom. The van der Waals surface area contributed by atoms with Crippen LogP contribution in [0.4, 0.5) is 0 Å². The Kier molecular flexibility index (Phi) is 10.4. The largest absolute Gasteiger partial charge is 0.352 e. The maximum Gasteiger partial charge on any atom is 0.352 e. The van der Waals surface area contributed by atoms with Crippen LogP contribution in [0.2, 0.25) is 0 Å². The van der Waals surface area contributed by atoms with E-state index >= 15 is 0 Å². The monoisotopic (exact) mass is 301 g/mol. The number of amides is 1. The minimum Gasteiger partial charge on any atom is -0.309 e. The van der Waals surface area contributed by atoms with Gasteiger partial charge in [0.05, 0.1) is 0 Å². The van der Waals surface area contributed by atoms with Crippen molar-refractivity contribution in [3.8, 4) is 0 Å². The summed E-state index contributed by atoms with van der Waals surface area (Å²) in [7, 11) is 1.34. The van der Waals surface area contributed by atoms with E-state index in [2.05, 4.69) is 5.09 Å². The zero-order valence-corrected chi connectivity index (χ0v) is 12.9. The lowest BCUT2D eigenvalue weighted by Gasteiger charge is -2.14. The van der Waals surface area contributed by atoms with E-state index in [9.17, 15) is 9.36 Å². The van der Waals surface area contributed by atoms with Crippen LogP contribution < -0.4 is 5.09 Å². The Bertz CT molecular complexity index is 258. The summed E-state index contributed by atoms with van der Waals surface area (Å²) in [6, 6.07) is 0. The van der Waals surface area contributed by atoms with Crippen molar-refractivity contribution in [2.45, 2.75) is 38.5 Å². The van der Waals surface area contributed by atoms with E-state index in [0.717, 1.165) is 43.5 Å². The minimum absolute atomic E-state index is 0.207. The van der Waals surface area contributed by atoms with Gasteiger partial charge in [-0.2, -0.15) is 0 Å². The molecule has 0 saturated heterocycles. The van der Waals surface area contributed by atoms with Crippen LogP contribution >= 0.6 is 29.7 Å². The first-order valence-electron chi connectivity index (χ1n) is 5.66. The summed E-state index contributed by atoms with van der Waals surface area (Å²) < 4.78 is 16.5. The molecule has 0 rings (SSSR count). The molecule has 0 radical (unpaired) electrons. The van der Waals surface area contributed by atoms with Crippen LogP contribution in [0.25, 0.3) is 0 Å². The molecule has 0 aromatic carbocycles. The van der Waals surface area contributed by atoms with E-state index in [-0.39, 0.29) is 5.91 Å². The highest BCUT2D eigenvalue weighted by Crippen LogP contribution is 2.53. The van der Waals surface area contributed by atoms with Crippen molar-refractivity contribution in [2.24, 2.45) is 0 Å². The normalized spacial score (nSPS) is 14.3. The molecule has 0 fully saturated rings. The number of alkyl halides is 1. The number of nitrogens with one attached hydrogen (secondary N) is 1. The van der Waals surface area contributed by atoms with E-state index in [1.54, 1.807) is 6.26 Å². The lowest BCUT2D eigenvalue weighted by atomic mass is 10.1. The standard InChI is InChI=1S/C10H21ClNO3PS/c1-15-16(14,17-2)12-10(13)8-6-4-3-5-7-9-11/h3-9H2,1-2H3,(H,12,13,14). The molecule has 0 saturated carbocycles. The van der Waals surface area contributed by atoms with Gasteiger partial charge in [0.25, 0.3) is 0 Å². The van der Waals surface area contributed by atoms with Crippen molar-refractivity contribution >= 4 is 35.6 Å². The van der Waals surface area contributed by atoms with E-state index < -0.39 is 6.72 Å². The number of carbonyl (C=O) groups is 1. The number of hydrogen-bond acceptors (Lipinski definition) is 4. The molecule has 1 atom stereocenters. The maximum atomic E-state index is 11.7. The van der Waals surface area contributed by atoms with E-state index in [1.807, 2.05) is 0 Å². The van der Waals surface area contributed by atoms with Gasteiger partial charge in [-0.1, -0.05) is 30.6 Å². The van der Waals surface area contributed by atoms with Gasteiger partial charge < -0.3 is 4.52 Å². The summed E-state index contributed by atoms with van der Waals surface area (Å²) >= 11 is 6.60. The first kappa shape index (κ1) is 17.3. The first-order valence-corrected chi connectivity index (χ1v) is 9.65. The molecule has 0 aromatic heterocycles. The van der Waals surface area contributed by atoms with Crippen molar-refractivity contribution < 1.29 is 13.9 Å². The molecule has 0 heterocycles. The van der Waals surface area contributed by atoms with Crippen LogP contribution in [0.5, 0.6) is 0 Å². The number of rotatable bonds is 10. The zero-order valence-electron chi connectivity index (χ0n) is 10.4. The molecule has 0 aliphatic carbocycles. The van der Waals surface area contributed by atoms with Gasteiger partial charge in [0, 0.05) is 19.4 Å². The molecule has 102 valence electrons. The molecule has 4 nitrogen and oxygen atoms in total. The Hall–Kier alpha value is 0.300. The molecular formula is C10H21ClNO3PS. The highest BCUT2D eigenvalue weighted by Gasteiger charge is 2.22. The second-order valence-corrected chi connectivity index (χ2v) is 8.47. The van der Waals surface area contributed by atoms with Crippen LogP contribution in [-0.2, 0) is 13.9 Å². The van der Waals surface area contributed by atoms with Gasteiger partial charge >= 0.3 is 6.72 Å². The van der Waals surface area contributed by atoms with Crippen LogP contribution in [0.1, 0.15) is 38.5 Å². The third kappa shape index (κ3) is 8.95. The maximum absolute atomic E-state index is 11.7. The summed E-state index contributed by atoms with van der Waals surface area (Å²) in [5.41, 5.74) is 0. The van der Waals surface area contributed by atoms with Gasteiger partial charge in [-0.3, -0.25) is 14.4 Å². The fraction of sp³-hybridized carbons (Fsp3) is 0.900. The lowest BCUT2D eigenvalue weighted by molar-refractivity contribution is -0.119. The summed E-state index contributed by atoms with van der Waals surface area (Å²) in [6.07, 6.45) is 7.08. The SMILES string of the molecule is COP(=O)(NC(=O)CCCCCCCCl)SC. The minimum atomic E-state index is -3.00. The Morgan fingerprint density at radius 2 is 1.88 bits per heavy atom. The molecule has 0 bridgehead atoms. The first-order chi connectivity index (χ1) is 8.08. The summed E-state index contributed by atoms with van der Waals surface area (Å²) in [6.45, 7) is -3.00. The zero-order chi connectivity index (χ0) is 13.1. The second-order valence-electron chi connectivity index (χ2n) is 3.60. The quantitative estimate of drug-likeness (QED) is 0.379. The van der Waals surface area contributed by atoms with Crippen molar-refractivity contribution in [1.29, 1.82) is 0 Å². The molecule has 0 aromatic rings. The van der Waals surface area contributed by atoms with Crippen molar-refractivity contribution in [1.82, 2.24) is 5.09 Å². The Balaban J connectivity index is 3.63. The Morgan fingerprint density at radius 3 is 2.41 bits per heavy atom. The number of halogens is 1. The predicted octanol–water partition coefficient (Wildman–Crippen LogP) is 3.80. The van der Waals surface area contributed by atoms with Gasteiger partial charge in [-0.25, -0.2) is 0 Å². The van der Waals surface area contributed by atoms with E-state index in [1.165, 1.54) is 7.11 Å². The van der Waals surface area contributed by atoms with Crippen LogP contribution in [-0.4, -0.2) is 25.2 Å². The van der Waals surface area contributed by atoms with Gasteiger partial charge in [0.15, 0.2) is 0 Å². The average Bonchev–Trinajstić information content (AvgIpc) is 2.33. The lowest BCUT2D eigenvalue weighted by Crippen LogP contribution is -2.19. The fourth-order valence-corrected chi connectivity index (χ4v) is 3.25. The van der Waals surface area contributed by atoms with Gasteiger partial charge in [0.2, 0.25) is 5.91 Å². The number of hydrogen-bond donors (Lipinski definition) is 1. The molecule has 1 unspecified atom stereocenters. The van der Waals surface area contributed by atoms with Gasteiger partial charge in [-0.15, -0.1) is 11.6 Å². The van der Waals surface area contributed by atoms with Crippen LogP contribution in [0.15, 0.2) is 0 Å². The fourth-order valence-electron chi connectivity index (χ4n) is 1.28. The van der Waals surface area contributed by atoms with Crippen LogP contribution in [0.3, 0.4) is 0 Å². The molecule has 0 aliphatic heterocycles. The Labute approximate surface area is 112 Å². The highest BCUT2D eigenvalue weighted by molar-refractivity contribution is 8.55. The molecule has 1 amide bonds. The van der Waals surface area contributed by atoms with Crippen LogP contribution in [0, 0.1) is 0 Å². The van der Waals surface area contributed by atoms with E-state index in [0.29, 0.717) is 12.3 Å². The number of unbranched alkanes of at least 4 members (excludes halogenated alkanes) is 4. The van der Waals surface area contributed by atoms with Crippen molar-refractivity contribution in [2.75, 3.05) is 19.2 Å². The van der Waals surface area contributed by atoms with Gasteiger partial charge in [0.1, 0.15) is 0 Å². The molecule has 17 heavy (non-hydrogen) atoms. The molecule has 1 N–H and O–H groups in total. The third-order valence-electron chi connectivity index (χ3n) is 2.28. The number of carbonyl (C=O) groups excluding carboxylic acids is 1. The van der Waals surface area contributed by atoms with E-state index in [4.69, 9.17) is 16.1 Å². The third-order valence-corrected chi connectivity index (χ3v) is 6.19. The molecule has 7 heteroatoms. The van der Waals surface area contributed by atoms with Crippen molar-refractivity contribution in [3.05, 3.63) is 0 Å². The highest BCUT2D eigenvalue weighted by atomic mass is 35.5.